The SMILES string of the molecule is COc1cccc(NC(=O)Nc2cccc(F)c2)c1. The number of rotatable bonds is 3. The second-order valence-electron chi connectivity index (χ2n) is 3.82. The molecule has 2 amide bonds. The van der Waals surface area contributed by atoms with E-state index in [-0.39, 0.29) is 0 Å². The summed E-state index contributed by atoms with van der Waals surface area (Å²) < 4.78 is 18.0. The van der Waals surface area contributed by atoms with Gasteiger partial charge < -0.3 is 15.4 Å². The first kappa shape index (κ1) is 12.9. The second kappa shape index (κ2) is 5.86. The number of carbonyl (C=O) groups is 1. The third-order valence-electron chi connectivity index (χ3n) is 2.41. The van der Waals surface area contributed by atoms with Crippen molar-refractivity contribution in [3.63, 3.8) is 0 Å². The molecule has 0 unspecified atom stereocenters. The normalized spacial score (nSPS) is 9.79. The van der Waals surface area contributed by atoms with Crippen LogP contribution in [-0.4, -0.2) is 13.1 Å². The molecular formula is C14H13FN2O2. The summed E-state index contributed by atoms with van der Waals surface area (Å²) in [5.41, 5.74) is 0.980. The molecule has 0 aliphatic carbocycles. The largest absolute Gasteiger partial charge is 0.497 e. The topological polar surface area (TPSA) is 50.4 Å². The Balaban J connectivity index is 2.01. The summed E-state index contributed by atoms with van der Waals surface area (Å²) >= 11 is 0. The molecule has 2 aromatic carbocycles. The Labute approximate surface area is 110 Å². The number of nitrogens with one attached hydrogen (secondary N) is 2. The summed E-state index contributed by atoms with van der Waals surface area (Å²) in [5.74, 6) is 0.239. The number of urea groups is 1. The Bertz CT molecular complexity index is 587. The van der Waals surface area contributed by atoms with Crippen molar-refractivity contribution in [1.82, 2.24) is 0 Å². The van der Waals surface area contributed by atoms with Gasteiger partial charge in [-0.05, 0) is 30.3 Å². The number of ether oxygens (including phenoxy) is 1. The number of anilines is 2. The quantitative estimate of drug-likeness (QED) is 0.887. The fourth-order valence-electron chi connectivity index (χ4n) is 1.56. The van der Waals surface area contributed by atoms with Gasteiger partial charge in [0, 0.05) is 17.4 Å². The summed E-state index contributed by atoms with van der Waals surface area (Å²) in [5, 5.41) is 5.17. The predicted molar refractivity (Wildman–Crippen MR) is 72.0 cm³/mol. The second-order valence-corrected chi connectivity index (χ2v) is 3.82. The van der Waals surface area contributed by atoms with Crippen LogP contribution in [0.15, 0.2) is 48.5 Å². The van der Waals surface area contributed by atoms with Gasteiger partial charge in [0.15, 0.2) is 0 Å². The monoisotopic (exact) mass is 260 g/mol. The molecule has 0 aromatic heterocycles. The summed E-state index contributed by atoms with van der Waals surface area (Å²) in [6.45, 7) is 0. The van der Waals surface area contributed by atoms with Gasteiger partial charge in [-0.2, -0.15) is 0 Å². The maximum absolute atomic E-state index is 13.0. The number of hydrogen-bond donors (Lipinski definition) is 2. The molecule has 2 aromatic rings. The first-order valence-corrected chi connectivity index (χ1v) is 5.65. The summed E-state index contributed by atoms with van der Waals surface area (Å²) in [6.07, 6.45) is 0. The van der Waals surface area contributed by atoms with Gasteiger partial charge in [0.05, 0.1) is 7.11 Å². The van der Waals surface area contributed by atoms with Crippen LogP contribution in [0.1, 0.15) is 0 Å². The molecule has 0 radical (unpaired) electrons. The molecule has 19 heavy (non-hydrogen) atoms. The minimum Gasteiger partial charge on any atom is -0.497 e. The molecule has 0 aliphatic rings. The lowest BCUT2D eigenvalue weighted by molar-refractivity contribution is 0.262. The summed E-state index contributed by atoms with van der Waals surface area (Å²) in [4.78, 5) is 11.7. The zero-order valence-electron chi connectivity index (χ0n) is 10.3. The van der Waals surface area contributed by atoms with Gasteiger partial charge in [-0.25, -0.2) is 9.18 Å². The highest BCUT2D eigenvalue weighted by Gasteiger charge is 2.04. The maximum Gasteiger partial charge on any atom is 0.323 e. The van der Waals surface area contributed by atoms with Crippen molar-refractivity contribution in [1.29, 1.82) is 0 Å². The van der Waals surface area contributed by atoms with Crippen LogP contribution >= 0.6 is 0 Å². The van der Waals surface area contributed by atoms with E-state index < -0.39 is 11.8 Å². The van der Waals surface area contributed by atoms with E-state index in [0.717, 1.165) is 0 Å². The fourth-order valence-corrected chi connectivity index (χ4v) is 1.56. The van der Waals surface area contributed by atoms with Crippen molar-refractivity contribution in [2.24, 2.45) is 0 Å². The molecule has 0 spiro atoms. The Hall–Kier alpha value is -2.56. The molecule has 5 heteroatoms. The van der Waals surface area contributed by atoms with Crippen LogP contribution in [0.25, 0.3) is 0 Å². The average Bonchev–Trinajstić information content (AvgIpc) is 2.38. The van der Waals surface area contributed by atoms with Crippen LogP contribution in [0.5, 0.6) is 5.75 Å². The zero-order valence-corrected chi connectivity index (χ0v) is 10.3. The van der Waals surface area contributed by atoms with E-state index in [0.29, 0.717) is 17.1 Å². The van der Waals surface area contributed by atoms with Crippen LogP contribution in [0.3, 0.4) is 0 Å². The lowest BCUT2D eigenvalue weighted by Gasteiger charge is -2.08. The van der Waals surface area contributed by atoms with Gasteiger partial charge in [-0.15, -0.1) is 0 Å². The lowest BCUT2D eigenvalue weighted by atomic mass is 10.3. The van der Waals surface area contributed by atoms with Crippen LogP contribution in [0.4, 0.5) is 20.6 Å². The van der Waals surface area contributed by atoms with Crippen molar-refractivity contribution < 1.29 is 13.9 Å². The first-order valence-electron chi connectivity index (χ1n) is 5.65. The van der Waals surface area contributed by atoms with E-state index >= 15 is 0 Å². The van der Waals surface area contributed by atoms with Crippen molar-refractivity contribution >= 4 is 17.4 Å². The molecule has 2 rings (SSSR count). The molecule has 0 saturated carbocycles. The number of benzene rings is 2. The molecule has 2 N–H and O–H groups in total. The van der Waals surface area contributed by atoms with Gasteiger partial charge >= 0.3 is 6.03 Å². The van der Waals surface area contributed by atoms with E-state index in [1.807, 2.05) is 0 Å². The van der Waals surface area contributed by atoms with E-state index in [4.69, 9.17) is 4.74 Å². The number of halogens is 1. The number of hydrogen-bond acceptors (Lipinski definition) is 2. The van der Waals surface area contributed by atoms with Crippen LogP contribution < -0.4 is 15.4 Å². The van der Waals surface area contributed by atoms with E-state index in [9.17, 15) is 9.18 Å². The molecule has 0 aliphatic heterocycles. The molecule has 0 saturated heterocycles. The smallest absolute Gasteiger partial charge is 0.323 e. The van der Waals surface area contributed by atoms with E-state index in [1.165, 1.54) is 18.2 Å². The minimum absolute atomic E-state index is 0.389. The third-order valence-corrected chi connectivity index (χ3v) is 2.41. The van der Waals surface area contributed by atoms with Crippen molar-refractivity contribution in [3.05, 3.63) is 54.3 Å². The molecule has 0 fully saturated rings. The highest BCUT2D eigenvalue weighted by Crippen LogP contribution is 2.17. The third kappa shape index (κ3) is 3.70. The molecule has 98 valence electrons. The lowest BCUT2D eigenvalue weighted by Crippen LogP contribution is -2.19. The van der Waals surface area contributed by atoms with Gasteiger partial charge in [-0.1, -0.05) is 12.1 Å². The van der Waals surface area contributed by atoms with Gasteiger partial charge in [0.25, 0.3) is 0 Å². The van der Waals surface area contributed by atoms with E-state index in [2.05, 4.69) is 10.6 Å². The summed E-state index contributed by atoms with van der Waals surface area (Å²) in [7, 11) is 1.55. The predicted octanol–water partition coefficient (Wildman–Crippen LogP) is 3.48. The first-order chi connectivity index (χ1) is 9.17. The highest BCUT2D eigenvalue weighted by molar-refractivity contribution is 5.99. The molecule has 0 heterocycles. The Kier molecular flexibility index (Phi) is 3.97. The molecule has 0 atom stereocenters. The van der Waals surface area contributed by atoms with Crippen molar-refractivity contribution in [2.75, 3.05) is 17.7 Å². The van der Waals surface area contributed by atoms with Crippen molar-refractivity contribution in [3.8, 4) is 5.75 Å². The van der Waals surface area contributed by atoms with E-state index in [1.54, 1.807) is 37.4 Å². The Morgan fingerprint density at radius 3 is 2.32 bits per heavy atom. The summed E-state index contributed by atoms with van der Waals surface area (Å²) in [6, 6.07) is 12.2. The van der Waals surface area contributed by atoms with Crippen LogP contribution in [0.2, 0.25) is 0 Å². The molecule has 4 nitrogen and oxygen atoms in total. The Morgan fingerprint density at radius 2 is 1.68 bits per heavy atom. The minimum atomic E-state index is -0.446. The fraction of sp³-hybridized carbons (Fsp3) is 0.0714. The Morgan fingerprint density at radius 1 is 1.05 bits per heavy atom. The average molecular weight is 260 g/mol. The van der Waals surface area contributed by atoms with Gasteiger partial charge in [0.1, 0.15) is 11.6 Å². The maximum atomic E-state index is 13.0. The highest BCUT2D eigenvalue weighted by atomic mass is 19.1. The number of methoxy groups -OCH3 is 1. The van der Waals surface area contributed by atoms with Crippen LogP contribution in [-0.2, 0) is 0 Å². The number of carbonyl (C=O) groups excluding carboxylic acids is 1. The molecule has 0 bridgehead atoms. The zero-order chi connectivity index (χ0) is 13.7. The number of amides is 2. The molecular weight excluding hydrogens is 247 g/mol. The van der Waals surface area contributed by atoms with Gasteiger partial charge in [-0.3, -0.25) is 0 Å². The van der Waals surface area contributed by atoms with Gasteiger partial charge in [0.2, 0.25) is 0 Å². The van der Waals surface area contributed by atoms with Crippen molar-refractivity contribution in [2.45, 2.75) is 0 Å². The van der Waals surface area contributed by atoms with Crippen LogP contribution in [0, 0.1) is 5.82 Å². The standard InChI is InChI=1S/C14H13FN2O2/c1-19-13-7-3-6-12(9-13)17-14(18)16-11-5-2-4-10(15)8-11/h2-9H,1H3,(H2,16,17,18).